The largest absolute Gasteiger partial charge is 0.314 e. The molecule has 0 unspecified atom stereocenters. The van der Waals surface area contributed by atoms with E-state index >= 15 is 0 Å². The first-order valence-electron chi connectivity index (χ1n) is 11.6. The third kappa shape index (κ3) is 3.93. The van der Waals surface area contributed by atoms with E-state index < -0.39 is 11.8 Å². The predicted molar refractivity (Wildman–Crippen MR) is 149 cm³/mol. The summed E-state index contributed by atoms with van der Waals surface area (Å²) in [5.41, 5.74) is 6.01. The molecule has 3 heterocycles. The van der Waals surface area contributed by atoms with Crippen LogP contribution in [0.3, 0.4) is 0 Å². The maximum absolute atomic E-state index is 13.5. The molecule has 0 fully saturated rings. The summed E-state index contributed by atoms with van der Waals surface area (Å²) < 4.78 is 2.69. The Morgan fingerprint density at radius 1 is 1.00 bits per heavy atom. The summed E-state index contributed by atoms with van der Waals surface area (Å²) in [6.07, 6.45) is 0. The van der Waals surface area contributed by atoms with E-state index in [0.717, 1.165) is 42.6 Å². The maximum Gasteiger partial charge on any atom is 0.283 e. The van der Waals surface area contributed by atoms with Gasteiger partial charge in [-0.3, -0.25) is 9.59 Å². The second-order valence-corrected chi connectivity index (χ2v) is 10.2. The minimum absolute atomic E-state index is 0.121. The van der Waals surface area contributed by atoms with Gasteiger partial charge in [0.2, 0.25) is 0 Å². The van der Waals surface area contributed by atoms with Crippen LogP contribution >= 0.6 is 27.5 Å². The number of fused-ring (bicyclic) bond motifs is 4. The van der Waals surface area contributed by atoms with Gasteiger partial charge >= 0.3 is 0 Å². The fraction of sp³-hybridized carbons (Fsp3) is 0.107. The van der Waals surface area contributed by atoms with Gasteiger partial charge in [-0.1, -0.05) is 51.8 Å². The van der Waals surface area contributed by atoms with Gasteiger partial charge in [0.15, 0.2) is 5.65 Å². The van der Waals surface area contributed by atoms with Crippen molar-refractivity contribution in [3.8, 4) is 0 Å². The molecule has 0 saturated heterocycles. The zero-order valence-electron chi connectivity index (χ0n) is 19.9. The monoisotopic (exact) mass is 571 g/mol. The van der Waals surface area contributed by atoms with E-state index in [9.17, 15) is 9.59 Å². The summed E-state index contributed by atoms with van der Waals surface area (Å²) in [6, 6.07) is 20.6. The fourth-order valence-electron chi connectivity index (χ4n) is 4.72. The van der Waals surface area contributed by atoms with Crippen LogP contribution in [0.5, 0.6) is 0 Å². The molecule has 1 aliphatic rings. The van der Waals surface area contributed by atoms with Gasteiger partial charge < -0.3 is 4.57 Å². The van der Waals surface area contributed by atoms with Crippen LogP contribution in [-0.4, -0.2) is 37.1 Å². The molecule has 0 atom stereocenters. The number of imide groups is 1. The minimum atomic E-state index is -0.458. The number of nitrogens with zero attached hydrogens (tertiary/aromatic N) is 5. The molecule has 0 spiro atoms. The molecule has 0 bridgehead atoms. The predicted octanol–water partition coefficient (Wildman–Crippen LogP) is 6.37. The number of hydrazone groups is 1. The SMILES string of the molecule is CC1=NN(C(=O)Cn2c3ccc(Br)cc3c3nc4ccccc4nc32)C(=O)C1=C(C)c1ccc(Cl)cc1. The van der Waals surface area contributed by atoms with Crippen LogP contribution in [0.2, 0.25) is 5.02 Å². The van der Waals surface area contributed by atoms with Gasteiger partial charge in [0.25, 0.3) is 11.8 Å². The van der Waals surface area contributed by atoms with E-state index in [1.165, 1.54) is 0 Å². The molecule has 2 aromatic heterocycles. The molecule has 0 saturated carbocycles. The molecule has 9 heteroatoms. The molecule has 0 aliphatic carbocycles. The minimum Gasteiger partial charge on any atom is -0.314 e. The van der Waals surface area contributed by atoms with Gasteiger partial charge in [-0.2, -0.15) is 10.1 Å². The number of rotatable bonds is 3. The van der Waals surface area contributed by atoms with Crippen molar-refractivity contribution in [3.05, 3.63) is 87.4 Å². The van der Waals surface area contributed by atoms with Gasteiger partial charge in [0.05, 0.1) is 27.8 Å². The highest BCUT2D eigenvalue weighted by Crippen LogP contribution is 2.31. The molecule has 5 aromatic rings. The molecule has 6 rings (SSSR count). The van der Waals surface area contributed by atoms with E-state index in [0.29, 0.717) is 27.5 Å². The number of amides is 2. The Labute approximate surface area is 225 Å². The smallest absolute Gasteiger partial charge is 0.283 e. The quantitative estimate of drug-likeness (QED) is 0.235. The average Bonchev–Trinajstić information content (AvgIpc) is 3.35. The average molecular weight is 573 g/mol. The highest BCUT2D eigenvalue weighted by atomic mass is 79.9. The van der Waals surface area contributed by atoms with Crippen molar-refractivity contribution in [1.82, 2.24) is 19.5 Å². The van der Waals surface area contributed by atoms with Crippen LogP contribution < -0.4 is 0 Å². The highest BCUT2D eigenvalue weighted by molar-refractivity contribution is 9.10. The van der Waals surface area contributed by atoms with Crippen LogP contribution in [0, 0.1) is 0 Å². The van der Waals surface area contributed by atoms with Crippen molar-refractivity contribution in [1.29, 1.82) is 0 Å². The summed E-state index contributed by atoms with van der Waals surface area (Å²) in [5, 5.41) is 6.75. The highest BCUT2D eigenvalue weighted by Gasteiger charge is 2.34. The number of aromatic nitrogens is 3. The Balaban J connectivity index is 1.42. The van der Waals surface area contributed by atoms with E-state index in [1.54, 1.807) is 23.6 Å². The lowest BCUT2D eigenvalue weighted by molar-refractivity contribution is -0.141. The Bertz CT molecular complexity index is 1840. The molecule has 2 amide bonds. The van der Waals surface area contributed by atoms with Crippen LogP contribution in [0.1, 0.15) is 19.4 Å². The zero-order valence-corrected chi connectivity index (χ0v) is 22.2. The number of para-hydroxylation sites is 2. The van der Waals surface area contributed by atoms with Crippen LogP contribution in [-0.2, 0) is 16.1 Å². The van der Waals surface area contributed by atoms with Crippen molar-refractivity contribution in [2.24, 2.45) is 5.10 Å². The molecule has 7 nitrogen and oxygen atoms in total. The first-order valence-corrected chi connectivity index (χ1v) is 12.7. The molecule has 1 aliphatic heterocycles. The number of carbonyl (C=O) groups excluding carboxylic acids is 2. The lowest BCUT2D eigenvalue weighted by Gasteiger charge is -2.13. The second kappa shape index (κ2) is 8.90. The number of allylic oxidation sites excluding steroid dienone is 1. The third-order valence-electron chi connectivity index (χ3n) is 6.51. The fourth-order valence-corrected chi connectivity index (χ4v) is 5.21. The summed E-state index contributed by atoms with van der Waals surface area (Å²) >= 11 is 9.55. The van der Waals surface area contributed by atoms with E-state index in [-0.39, 0.29) is 6.54 Å². The van der Waals surface area contributed by atoms with Crippen LogP contribution in [0.25, 0.3) is 38.7 Å². The number of halogens is 2. The molecule has 3 aromatic carbocycles. The zero-order chi connectivity index (χ0) is 25.8. The van der Waals surface area contributed by atoms with Crippen molar-refractivity contribution < 1.29 is 9.59 Å². The lowest BCUT2D eigenvalue weighted by atomic mass is 9.98. The topological polar surface area (TPSA) is 80.5 Å². The number of carbonyl (C=O) groups is 2. The van der Waals surface area contributed by atoms with Crippen molar-refractivity contribution in [3.63, 3.8) is 0 Å². The van der Waals surface area contributed by atoms with Crippen molar-refractivity contribution >= 4 is 83.7 Å². The van der Waals surface area contributed by atoms with Crippen molar-refractivity contribution in [2.45, 2.75) is 20.4 Å². The van der Waals surface area contributed by atoms with Crippen molar-refractivity contribution in [2.75, 3.05) is 0 Å². The Morgan fingerprint density at radius 3 is 2.43 bits per heavy atom. The second-order valence-electron chi connectivity index (χ2n) is 8.84. The van der Waals surface area contributed by atoms with E-state index in [4.69, 9.17) is 21.6 Å². The van der Waals surface area contributed by atoms with E-state index in [1.807, 2.05) is 61.5 Å². The van der Waals surface area contributed by atoms with Gasteiger partial charge in [-0.05, 0) is 67.4 Å². The Kier molecular flexibility index (Phi) is 5.66. The van der Waals surface area contributed by atoms with Gasteiger partial charge in [-0.25, -0.2) is 9.97 Å². The molecular weight excluding hydrogens is 554 g/mol. The number of hydrogen-bond acceptors (Lipinski definition) is 5. The standard InChI is InChI=1S/C28H19BrClN5O2/c1-15(17-7-10-19(30)11-8-17)25-16(2)33-35(28(25)37)24(36)14-34-23-12-9-18(29)13-20(23)26-27(34)32-22-6-4-3-5-21(22)31-26/h3-13H,14H2,1-2H3. The first kappa shape index (κ1) is 23.5. The first-order chi connectivity index (χ1) is 17.8. The molecular formula is C28H19BrClN5O2. The summed E-state index contributed by atoms with van der Waals surface area (Å²) in [7, 11) is 0. The number of hydrogen-bond donors (Lipinski definition) is 0. The lowest BCUT2D eigenvalue weighted by Crippen LogP contribution is -2.32. The molecule has 37 heavy (non-hydrogen) atoms. The third-order valence-corrected chi connectivity index (χ3v) is 7.26. The normalized spacial score (nSPS) is 15.2. The summed E-state index contributed by atoms with van der Waals surface area (Å²) in [5.74, 6) is -0.907. The van der Waals surface area contributed by atoms with Crippen LogP contribution in [0.15, 0.2) is 81.9 Å². The summed E-state index contributed by atoms with van der Waals surface area (Å²) in [6.45, 7) is 3.45. The van der Waals surface area contributed by atoms with Gasteiger partial charge in [0.1, 0.15) is 12.1 Å². The van der Waals surface area contributed by atoms with Gasteiger partial charge in [-0.15, -0.1) is 0 Å². The number of benzene rings is 3. The van der Waals surface area contributed by atoms with E-state index in [2.05, 4.69) is 21.0 Å². The Hall–Kier alpha value is -3.88. The molecule has 0 radical (unpaired) electrons. The molecule has 182 valence electrons. The van der Waals surface area contributed by atoms with Crippen LogP contribution in [0.4, 0.5) is 0 Å². The molecule has 0 N–H and O–H groups in total. The van der Waals surface area contributed by atoms with Gasteiger partial charge in [0, 0.05) is 14.9 Å². The summed E-state index contributed by atoms with van der Waals surface area (Å²) in [4.78, 5) is 36.5. The maximum atomic E-state index is 13.5. The Morgan fingerprint density at radius 2 is 1.70 bits per heavy atom.